The summed E-state index contributed by atoms with van der Waals surface area (Å²) >= 11 is 0. The molecule has 0 fully saturated rings. The van der Waals surface area contributed by atoms with Crippen molar-refractivity contribution in [2.45, 2.75) is 31.5 Å². The van der Waals surface area contributed by atoms with Crippen LogP contribution in [-0.4, -0.2) is 19.3 Å². The summed E-state index contributed by atoms with van der Waals surface area (Å²) in [7, 11) is 1.77. The number of rotatable bonds is 3. The molecule has 0 saturated carbocycles. The Morgan fingerprint density at radius 1 is 1.19 bits per heavy atom. The van der Waals surface area contributed by atoms with Gasteiger partial charge in [0.15, 0.2) is 0 Å². The van der Waals surface area contributed by atoms with Crippen LogP contribution in [0.1, 0.15) is 24.9 Å². The van der Waals surface area contributed by atoms with Gasteiger partial charge in [0.1, 0.15) is 0 Å². The minimum atomic E-state index is 0.199. The third-order valence-electron chi connectivity index (χ3n) is 3.15. The molecule has 16 heavy (non-hydrogen) atoms. The van der Waals surface area contributed by atoms with E-state index in [2.05, 4.69) is 48.7 Å². The average Bonchev–Trinajstić information content (AvgIpc) is 2.39. The number of ether oxygens (including phenoxy) is 1. The highest BCUT2D eigenvalue weighted by atomic mass is 16.5. The molecule has 1 aromatic rings. The second-order valence-corrected chi connectivity index (χ2v) is 4.15. The van der Waals surface area contributed by atoms with Gasteiger partial charge in [0.05, 0.1) is 12.1 Å². The predicted molar refractivity (Wildman–Crippen MR) is 66.3 cm³/mol. The van der Waals surface area contributed by atoms with Gasteiger partial charge in [-0.3, -0.25) is 0 Å². The van der Waals surface area contributed by atoms with Crippen molar-refractivity contribution in [3.8, 4) is 0 Å². The van der Waals surface area contributed by atoms with Gasteiger partial charge in [0, 0.05) is 13.2 Å². The van der Waals surface area contributed by atoms with Gasteiger partial charge >= 0.3 is 0 Å². The lowest BCUT2D eigenvalue weighted by Crippen LogP contribution is -2.44. The third kappa shape index (κ3) is 2.34. The topological polar surface area (TPSA) is 21.3 Å². The van der Waals surface area contributed by atoms with Crippen LogP contribution < -0.4 is 5.32 Å². The van der Waals surface area contributed by atoms with Gasteiger partial charge in [0.25, 0.3) is 0 Å². The van der Waals surface area contributed by atoms with E-state index in [-0.39, 0.29) is 6.10 Å². The van der Waals surface area contributed by atoms with Gasteiger partial charge in [-0.15, -0.1) is 0 Å². The van der Waals surface area contributed by atoms with Crippen molar-refractivity contribution >= 4 is 0 Å². The predicted octanol–water partition coefficient (Wildman–Crippen LogP) is 2.68. The maximum atomic E-state index is 5.43. The van der Waals surface area contributed by atoms with Crippen molar-refractivity contribution in [2.75, 3.05) is 7.11 Å². The zero-order valence-corrected chi connectivity index (χ0v) is 9.89. The van der Waals surface area contributed by atoms with Crippen molar-refractivity contribution in [3.05, 3.63) is 48.0 Å². The van der Waals surface area contributed by atoms with E-state index in [0.717, 1.165) is 6.42 Å². The normalized spacial score (nSPS) is 29.2. The van der Waals surface area contributed by atoms with Crippen LogP contribution >= 0.6 is 0 Å². The maximum Gasteiger partial charge on any atom is 0.0905 e. The molecule has 1 aliphatic rings. The SMILES string of the molecule is CC[C@H]1N[C@@H](c2ccccc2)C=C[C@@H]1OC. The molecular formula is C14H19NO. The number of methoxy groups -OCH3 is 1. The fourth-order valence-electron chi connectivity index (χ4n) is 2.20. The molecular weight excluding hydrogens is 198 g/mol. The van der Waals surface area contributed by atoms with E-state index in [1.165, 1.54) is 5.56 Å². The number of hydrogen-bond donors (Lipinski definition) is 1. The monoisotopic (exact) mass is 217 g/mol. The Bertz CT molecular complexity index is 347. The summed E-state index contributed by atoms with van der Waals surface area (Å²) in [5.74, 6) is 0. The fourth-order valence-corrected chi connectivity index (χ4v) is 2.20. The minimum Gasteiger partial charge on any atom is -0.376 e. The van der Waals surface area contributed by atoms with E-state index in [1.807, 2.05) is 6.07 Å². The standard InChI is InChI=1S/C14H19NO/c1-3-12-14(16-2)10-9-13(15-12)11-7-5-4-6-8-11/h4-10,12-15H,3H2,1-2H3/t12-,13-,14+/m1/s1. The Morgan fingerprint density at radius 2 is 1.94 bits per heavy atom. The molecule has 0 amide bonds. The molecule has 0 aliphatic carbocycles. The minimum absolute atomic E-state index is 0.199. The van der Waals surface area contributed by atoms with Crippen molar-refractivity contribution < 1.29 is 4.74 Å². The molecule has 0 bridgehead atoms. The van der Waals surface area contributed by atoms with Crippen molar-refractivity contribution in [1.29, 1.82) is 0 Å². The molecule has 0 radical (unpaired) electrons. The molecule has 3 atom stereocenters. The Balaban J connectivity index is 2.15. The van der Waals surface area contributed by atoms with Gasteiger partial charge in [-0.1, -0.05) is 49.4 Å². The van der Waals surface area contributed by atoms with Crippen LogP contribution in [-0.2, 0) is 4.74 Å². The molecule has 0 spiro atoms. The number of benzene rings is 1. The van der Waals surface area contributed by atoms with Crippen LogP contribution in [0.2, 0.25) is 0 Å². The zero-order chi connectivity index (χ0) is 11.4. The first-order valence-corrected chi connectivity index (χ1v) is 5.87. The van der Waals surface area contributed by atoms with Gasteiger partial charge in [-0.05, 0) is 12.0 Å². The highest BCUT2D eigenvalue weighted by molar-refractivity contribution is 5.25. The van der Waals surface area contributed by atoms with Crippen molar-refractivity contribution in [3.63, 3.8) is 0 Å². The molecule has 0 aromatic heterocycles. The first-order chi connectivity index (χ1) is 7.85. The summed E-state index contributed by atoms with van der Waals surface area (Å²) in [6.07, 6.45) is 5.63. The van der Waals surface area contributed by atoms with Crippen molar-refractivity contribution in [1.82, 2.24) is 5.32 Å². The van der Waals surface area contributed by atoms with E-state index in [1.54, 1.807) is 7.11 Å². The third-order valence-corrected chi connectivity index (χ3v) is 3.15. The van der Waals surface area contributed by atoms with E-state index in [0.29, 0.717) is 12.1 Å². The Labute approximate surface area is 97.3 Å². The smallest absolute Gasteiger partial charge is 0.0905 e. The van der Waals surface area contributed by atoms with E-state index >= 15 is 0 Å². The quantitative estimate of drug-likeness (QED) is 0.786. The molecule has 2 rings (SSSR count). The highest BCUT2D eigenvalue weighted by Gasteiger charge is 2.24. The van der Waals surface area contributed by atoms with Crippen LogP contribution in [0.3, 0.4) is 0 Å². The van der Waals surface area contributed by atoms with Gasteiger partial charge < -0.3 is 10.1 Å². The highest BCUT2D eigenvalue weighted by Crippen LogP contribution is 2.22. The summed E-state index contributed by atoms with van der Waals surface area (Å²) in [6, 6.07) is 11.2. The van der Waals surface area contributed by atoms with E-state index in [9.17, 15) is 0 Å². The Morgan fingerprint density at radius 3 is 2.56 bits per heavy atom. The number of nitrogens with one attached hydrogen (secondary N) is 1. The second kappa shape index (κ2) is 5.28. The van der Waals surface area contributed by atoms with Crippen LogP contribution in [0, 0.1) is 0 Å². The molecule has 2 nitrogen and oxygen atoms in total. The summed E-state index contributed by atoms with van der Waals surface area (Å²) in [5.41, 5.74) is 1.31. The van der Waals surface area contributed by atoms with Crippen LogP contribution in [0.5, 0.6) is 0 Å². The largest absolute Gasteiger partial charge is 0.376 e. The van der Waals surface area contributed by atoms with Gasteiger partial charge in [-0.25, -0.2) is 0 Å². The lowest BCUT2D eigenvalue weighted by Gasteiger charge is -2.32. The van der Waals surface area contributed by atoms with Crippen LogP contribution in [0.4, 0.5) is 0 Å². The zero-order valence-electron chi connectivity index (χ0n) is 9.89. The number of hydrogen-bond acceptors (Lipinski definition) is 2. The molecule has 86 valence electrons. The molecule has 1 aliphatic heterocycles. The summed E-state index contributed by atoms with van der Waals surface area (Å²) in [6.45, 7) is 2.19. The lowest BCUT2D eigenvalue weighted by atomic mass is 9.96. The summed E-state index contributed by atoms with van der Waals surface area (Å²) < 4.78 is 5.43. The fraction of sp³-hybridized carbons (Fsp3) is 0.429. The molecule has 2 heteroatoms. The van der Waals surface area contributed by atoms with Crippen molar-refractivity contribution in [2.24, 2.45) is 0 Å². The van der Waals surface area contributed by atoms with E-state index in [4.69, 9.17) is 4.74 Å². The van der Waals surface area contributed by atoms with E-state index < -0.39 is 0 Å². The maximum absolute atomic E-state index is 5.43. The first-order valence-electron chi connectivity index (χ1n) is 5.87. The average molecular weight is 217 g/mol. The molecule has 0 unspecified atom stereocenters. The van der Waals surface area contributed by atoms with Gasteiger partial charge in [-0.2, -0.15) is 0 Å². The molecule has 1 heterocycles. The van der Waals surface area contributed by atoms with Crippen LogP contribution in [0.15, 0.2) is 42.5 Å². The van der Waals surface area contributed by atoms with Gasteiger partial charge in [0.2, 0.25) is 0 Å². The molecule has 1 N–H and O–H groups in total. The summed E-state index contributed by atoms with van der Waals surface area (Å²) in [5, 5.41) is 3.61. The Hall–Kier alpha value is -1.12. The molecule has 1 aromatic carbocycles. The first kappa shape index (κ1) is 11.4. The second-order valence-electron chi connectivity index (χ2n) is 4.15. The molecule has 0 saturated heterocycles. The summed E-state index contributed by atoms with van der Waals surface area (Å²) in [4.78, 5) is 0. The van der Waals surface area contributed by atoms with Crippen LogP contribution in [0.25, 0.3) is 0 Å². The lowest BCUT2D eigenvalue weighted by molar-refractivity contribution is 0.0945. The Kier molecular flexibility index (Phi) is 3.75.